The first-order valence-electron chi connectivity index (χ1n) is 9.70. The van der Waals surface area contributed by atoms with Crippen LogP contribution in [0.25, 0.3) is 21.7 Å². The first-order chi connectivity index (χ1) is 14.6. The predicted molar refractivity (Wildman–Crippen MR) is 118 cm³/mol. The topological polar surface area (TPSA) is 88.4 Å². The Bertz CT molecular complexity index is 1400. The summed E-state index contributed by atoms with van der Waals surface area (Å²) in [6.07, 6.45) is 2.71. The van der Waals surface area contributed by atoms with E-state index in [4.69, 9.17) is 4.42 Å². The van der Waals surface area contributed by atoms with E-state index in [-0.39, 0.29) is 11.5 Å². The largest absolute Gasteiger partial charge is 0.422 e. The maximum absolute atomic E-state index is 13.0. The second-order valence-electron chi connectivity index (χ2n) is 7.24. The summed E-state index contributed by atoms with van der Waals surface area (Å²) in [4.78, 5) is 39.1. The molecular formula is C23H18N2O4S. The van der Waals surface area contributed by atoms with E-state index in [0.29, 0.717) is 21.5 Å². The van der Waals surface area contributed by atoms with E-state index in [0.717, 1.165) is 40.5 Å². The van der Waals surface area contributed by atoms with Gasteiger partial charge in [0, 0.05) is 17.3 Å². The zero-order valence-corrected chi connectivity index (χ0v) is 17.0. The van der Waals surface area contributed by atoms with Gasteiger partial charge in [-0.1, -0.05) is 30.3 Å². The van der Waals surface area contributed by atoms with Crippen molar-refractivity contribution < 1.29 is 14.0 Å². The van der Waals surface area contributed by atoms with Gasteiger partial charge in [-0.05, 0) is 47.7 Å². The van der Waals surface area contributed by atoms with Crippen molar-refractivity contribution in [1.82, 2.24) is 5.32 Å². The third-order valence-electron chi connectivity index (χ3n) is 5.49. The number of nitrogens with one attached hydrogen (secondary N) is 2. The summed E-state index contributed by atoms with van der Waals surface area (Å²) in [5, 5.41) is 8.48. The molecular weight excluding hydrogens is 400 g/mol. The maximum Gasteiger partial charge on any atom is 0.349 e. The third kappa shape index (κ3) is 2.90. The first-order valence-corrected chi connectivity index (χ1v) is 10.5. The number of carbonyl (C=O) groups is 2. The van der Waals surface area contributed by atoms with Crippen LogP contribution in [0.2, 0.25) is 0 Å². The van der Waals surface area contributed by atoms with Crippen molar-refractivity contribution in [2.45, 2.75) is 19.3 Å². The predicted octanol–water partition coefficient (Wildman–Crippen LogP) is 4.11. The number of benzene rings is 2. The van der Waals surface area contributed by atoms with Gasteiger partial charge < -0.3 is 15.1 Å². The Hall–Kier alpha value is -3.45. The van der Waals surface area contributed by atoms with Gasteiger partial charge in [-0.25, -0.2) is 4.79 Å². The van der Waals surface area contributed by atoms with E-state index >= 15 is 0 Å². The molecule has 0 bridgehead atoms. The van der Waals surface area contributed by atoms with Crippen molar-refractivity contribution in [1.29, 1.82) is 0 Å². The molecule has 5 rings (SSSR count). The average molecular weight is 418 g/mol. The van der Waals surface area contributed by atoms with Gasteiger partial charge in [0.25, 0.3) is 11.8 Å². The number of aryl methyl sites for hydroxylation is 1. The van der Waals surface area contributed by atoms with Crippen molar-refractivity contribution in [3.8, 4) is 0 Å². The molecule has 0 spiro atoms. The highest BCUT2D eigenvalue weighted by atomic mass is 32.1. The smallest absolute Gasteiger partial charge is 0.349 e. The highest BCUT2D eigenvalue weighted by Gasteiger charge is 2.27. The molecule has 30 heavy (non-hydrogen) atoms. The normalized spacial score (nSPS) is 12.8. The monoisotopic (exact) mass is 418 g/mol. The molecule has 0 unspecified atom stereocenters. The van der Waals surface area contributed by atoms with Crippen LogP contribution in [0.1, 0.15) is 37.6 Å². The van der Waals surface area contributed by atoms with Gasteiger partial charge in [0.05, 0.1) is 5.56 Å². The van der Waals surface area contributed by atoms with Crippen LogP contribution in [0.5, 0.6) is 0 Å². The molecule has 0 radical (unpaired) electrons. The van der Waals surface area contributed by atoms with Crippen LogP contribution in [0.3, 0.4) is 0 Å². The van der Waals surface area contributed by atoms with Gasteiger partial charge in [-0.3, -0.25) is 9.59 Å². The van der Waals surface area contributed by atoms with Crippen LogP contribution in [0.4, 0.5) is 5.00 Å². The number of anilines is 1. The Morgan fingerprint density at radius 2 is 1.87 bits per heavy atom. The van der Waals surface area contributed by atoms with Gasteiger partial charge in [0.15, 0.2) is 0 Å². The average Bonchev–Trinajstić information content (AvgIpc) is 3.33. The lowest BCUT2D eigenvalue weighted by molar-refractivity contribution is 0.0963. The Kier molecular flexibility index (Phi) is 4.40. The van der Waals surface area contributed by atoms with Crippen LogP contribution in [0, 0.1) is 0 Å². The fraction of sp³-hybridized carbons (Fsp3) is 0.174. The van der Waals surface area contributed by atoms with Crippen molar-refractivity contribution in [3.05, 3.63) is 74.5 Å². The van der Waals surface area contributed by atoms with Crippen molar-refractivity contribution in [2.75, 3.05) is 12.4 Å². The van der Waals surface area contributed by atoms with Gasteiger partial charge >= 0.3 is 5.63 Å². The molecule has 2 aromatic carbocycles. The van der Waals surface area contributed by atoms with Crippen LogP contribution >= 0.6 is 11.3 Å². The second-order valence-corrected chi connectivity index (χ2v) is 8.35. The number of thiophene rings is 1. The van der Waals surface area contributed by atoms with Crippen LogP contribution in [0.15, 0.2) is 51.7 Å². The molecule has 150 valence electrons. The Morgan fingerprint density at radius 1 is 1.03 bits per heavy atom. The number of carbonyl (C=O) groups excluding carboxylic acids is 2. The molecule has 2 amide bonds. The number of amides is 2. The highest BCUT2D eigenvalue weighted by Crippen LogP contribution is 2.39. The minimum atomic E-state index is -0.708. The zero-order chi connectivity index (χ0) is 20.8. The molecule has 1 aliphatic rings. The van der Waals surface area contributed by atoms with E-state index in [1.54, 1.807) is 19.2 Å². The SMILES string of the molecule is CNC(=O)c1c(NC(=O)c2cc3c(ccc4ccccc43)oc2=O)sc2c1CCC2. The molecule has 0 saturated heterocycles. The molecule has 4 aromatic rings. The van der Waals surface area contributed by atoms with Crippen LogP contribution in [-0.4, -0.2) is 18.9 Å². The summed E-state index contributed by atoms with van der Waals surface area (Å²) >= 11 is 1.40. The van der Waals surface area contributed by atoms with Crippen molar-refractivity contribution >= 4 is 49.9 Å². The van der Waals surface area contributed by atoms with E-state index in [1.165, 1.54) is 11.3 Å². The summed E-state index contributed by atoms with van der Waals surface area (Å²) in [7, 11) is 1.57. The highest BCUT2D eigenvalue weighted by molar-refractivity contribution is 7.17. The van der Waals surface area contributed by atoms with Gasteiger partial charge in [0.1, 0.15) is 16.1 Å². The van der Waals surface area contributed by atoms with Gasteiger partial charge in [0.2, 0.25) is 0 Å². The van der Waals surface area contributed by atoms with Crippen molar-refractivity contribution in [3.63, 3.8) is 0 Å². The summed E-state index contributed by atoms with van der Waals surface area (Å²) in [6, 6.07) is 12.9. The minimum Gasteiger partial charge on any atom is -0.422 e. The fourth-order valence-electron chi connectivity index (χ4n) is 4.06. The quantitative estimate of drug-likeness (QED) is 0.387. The lowest BCUT2D eigenvalue weighted by atomic mass is 10.0. The number of hydrogen-bond donors (Lipinski definition) is 2. The molecule has 1 aliphatic carbocycles. The zero-order valence-electron chi connectivity index (χ0n) is 16.2. The lowest BCUT2D eigenvalue weighted by Gasteiger charge is -2.08. The van der Waals surface area contributed by atoms with Crippen LogP contribution in [-0.2, 0) is 12.8 Å². The fourth-order valence-corrected chi connectivity index (χ4v) is 5.34. The molecule has 2 N–H and O–H groups in total. The molecule has 0 aliphatic heterocycles. The minimum absolute atomic E-state index is 0.0877. The Labute approximate surface area is 175 Å². The molecule has 2 heterocycles. The van der Waals surface area contributed by atoms with E-state index in [9.17, 15) is 14.4 Å². The van der Waals surface area contributed by atoms with Crippen LogP contribution < -0.4 is 16.3 Å². The number of fused-ring (bicyclic) bond motifs is 4. The van der Waals surface area contributed by atoms with E-state index in [1.807, 2.05) is 30.3 Å². The number of hydrogen-bond acceptors (Lipinski definition) is 5. The molecule has 6 nitrogen and oxygen atoms in total. The Balaban J connectivity index is 1.59. The standard InChI is InChI=1S/C23H18N2O4S/c1-24-21(27)19-14-7-4-8-18(14)30-22(19)25-20(26)16-11-15-13-6-3-2-5-12(13)9-10-17(15)29-23(16)28/h2-3,5-6,9-11H,4,7-8H2,1H3,(H,24,27)(H,25,26). The maximum atomic E-state index is 13.0. The Morgan fingerprint density at radius 3 is 2.70 bits per heavy atom. The summed E-state index contributed by atoms with van der Waals surface area (Å²) in [5.41, 5.74) is 1.12. The molecule has 0 saturated carbocycles. The van der Waals surface area contributed by atoms with Crippen molar-refractivity contribution in [2.24, 2.45) is 0 Å². The molecule has 0 atom stereocenters. The van der Waals surface area contributed by atoms with Gasteiger partial charge in [-0.15, -0.1) is 11.3 Å². The first kappa shape index (κ1) is 18.6. The molecule has 7 heteroatoms. The molecule has 0 fully saturated rings. The summed E-state index contributed by atoms with van der Waals surface area (Å²) < 4.78 is 5.43. The summed E-state index contributed by atoms with van der Waals surface area (Å²) in [5.74, 6) is -0.815. The summed E-state index contributed by atoms with van der Waals surface area (Å²) in [6.45, 7) is 0. The molecule has 2 aromatic heterocycles. The van der Waals surface area contributed by atoms with E-state index in [2.05, 4.69) is 10.6 Å². The third-order valence-corrected chi connectivity index (χ3v) is 6.70. The number of rotatable bonds is 3. The second kappa shape index (κ2) is 7.11. The van der Waals surface area contributed by atoms with Gasteiger partial charge in [-0.2, -0.15) is 0 Å². The lowest BCUT2D eigenvalue weighted by Crippen LogP contribution is -2.24. The van der Waals surface area contributed by atoms with E-state index < -0.39 is 11.5 Å².